The fourth-order valence-corrected chi connectivity index (χ4v) is 1.38. The highest BCUT2D eigenvalue weighted by Crippen LogP contribution is 2.06. The second kappa shape index (κ2) is 9.14. The summed E-state index contributed by atoms with van der Waals surface area (Å²) in [6.07, 6.45) is 3.47. The lowest BCUT2D eigenvalue weighted by Crippen LogP contribution is -2.44. The Hall–Kier alpha value is -0.840. The number of hydrogen-bond acceptors (Lipinski definition) is 3. The molecule has 18 heavy (non-hydrogen) atoms. The summed E-state index contributed by atoms with van der Waals surface area (Å²) in [5.41, 5.74) is 6.82. The van der Waals surface area contributed by atoms with Crippen LogP contribution in [0.4, 0.5) is 0 Å². The van der Waals surface area contributed by atoms with E-state index in [1.807, 2.05) is 26.0 Å². The molecule has 0 radical (unpaired) electrons. The van der Waals surface area contributed by atoms with E-state index in [9.17, 15) is 4.79 Å². The van der Waals surface area contributed by atoms with Crippen LogP contribution in [0.3, 0.4) is 0 Å². The number of halogens is 2. The number of hydrogen-bond donors (Lipinski definition) is 1. The minimum absolute atomic E-state index is 0. The van der Waals surface area contributed by atoms with Crippen molar-refractivity contribution in [2.24, 2.45) is 11.7 Å². The maximum absolute atomic E-state index is 11.9. The van der Waals surface area contributed by atoms with Crippen molar-refractivity contribution in [3.63, 3.8) is 0 Å². The predicted molar refractivity (Wildman–Crippen MR) is 78.0 cm³/mol. The fourth-order valence-electron chi connectivity index (χ4n) is 1.38. The number of rotatable bonds is 4. The zero-order valence-electron chi connectivity index (χ0n) is 10.9. The zero-order valence-corrected chi connectivity index (χ0v) is 12.5. The molecule has 0 fully saturated rings. The molecule has 0 aliphatic carbocycles. The van der Waals surface area contributed by atoms with Crippen LogP contribution in [0, 0.1) is 5.92 Å². The topological polar surface area (TPSA) is 59.2 Å². The zero-order chi connectivity index (χ0) is 12.1. The highest BCUT2D eigenvalue weighted by molar-refractivity contribution is 5.85. The molecule has 0 saturated carbocycles. The summed E-state index contributed by atoms with van der Waals surface area (Å²) in [6.45, 7) is 4.44. The number of carbonyl (C=O) groups excluding carboxylic acids is 1. The Kier molecular flexibility index (Phi) is 9.90. The van der Waals surface area contributed by atoms with Crippen LogP contribution in [0.2, 0.25) is 0 Å². The second-order valence-electron chi connectivity index (χ2n) is 4.33. The molecule has 4 nitrogen and oxygen atoms in total. The third-order valence-corrected chi connectivity index (χ3v) is 2.52. The van der Waals surface area contributed by atoms with E-state index in [1.54, 1.807) is 24.3 Å². The molecule has 1 amide bonds. The van der Waals surface area contributed by atoms with Crippen molar-refractivity contribution in [2.45, 2.75) is 26.4 Å². The number of nitrogens with zero attached hydrogens (tertiary/aromatic N) is 2. The van der Waals surface area contributed by atoms with E-state index in [2.05, 4.69) is 4.98 Å². The standard InChI is InChI=1S/C12H19N3O.2ClH/c1-9(2)11(13)12(16)15(3)8-10-5-4-6-14-7-10;;/h4-7,9,11H,8,13H2,1-3H3;2*1H/t11-;;/m1../s1. The van der Waals surface area contributed by atoms with Gasteiger partial charge >= 0.3 is 0 Å². The van der Waals surface area contributed by atoms with Gasteiger partial charge in [0.05, 0.1) is 6.04 Å². The van der Waals surface area contributed by atoms with Crippen LogP contribution in [0.15, 0.2) is 24.5 Å². The fraction of sp³-hybridized carbons (Fsp3) is 0.500. The van der Waals surface area contributed by atoms with E-state index >= 15 is 0 Å². The van der Waals surface area contributed by atoms with Crippen LogP contribution in [0.5, 0.6) is 0 Å². The third-order valence-electron chi connectivity index (χ3n) is 2.52. The van der Waals surface area contributed by atoms with Crippen molar-refractivity contribution in [3.05, 3.63) is 30.1 Å². The molecule has 1 rings (SSSR count). The van der Waals surface area contributed by atoms with Crippen molar-refractivity contribution >= 4 is 30.7 Å². The molecule has 1 atom stereocenters. The van der Waals surface area contributed by atoms with Gasteiger partial charge in [-0.05, 0) is 17.5 Å². The maximum atomic E-state index is 11.9. The van der Waals surface area contributed by atoms with Crippen LogP contribution < -0.4 is 5.73 Å². The predicted octanol–water partition coefficient (Wildman–Crippen LogP) is 1.87. The summed E-state index contributed by atoms with van der Waals surface area (Å²) < 4.78 is 0. The summed E-state index contributed by atoms with van der Waals surface area (Å²) in [5.74, 6) is 0.128. The smallest absolute Gasteiger partial charge is 0.239 e. The first-order valence-corrected chi connectivity index (χ1v) is 5.42. The Morgan fingerprint density at radius 1 is 1.44 bits per heavy atom. The van der Waals surface area contributed by atoms with E-state index in [-0.39, 0.29) is 36.6 Å². The Bertz CT molecular complexity index is 346. The summed E-state index contributed by atoms with van der Waals surface area (Å²) in [4.78, 5) is 17.5. The van der Waals surface area contributed by atoms with Crippen LogP contribution in [0.1, 0.15) is 19.4 Å². The van der Waals surface area contributed by atoms with Crippen LogP contribution in [-0.2, 0) is 11.3 Å². The molecular weight excluding hydrogens is 273 g/mol. The van der Waals surface area contributed by atoms with Crippen molar-refractivity contribution in [2.75, 3.05) is 7.05 Å². The largest absolute Gasteiger partial charge is 0.340 e. The molecular formula is C12H21Cl2N3O. The van der Waals surface area contributed by atoms with Gasteiger partial charge in [-0.1, -0.05) is 19.9 Å². The van der Waals surface area contributed by atoms with E-state index in [1.165, 1.54) is 0 Å². The van der Waals surface area contributed by atoms with Crippen molar-refractivity contribution in [1.82, 2.24) is 9.88 Å². The van der Waals surface area contributed by atoms with Gasteiger partial charge in [0.25, 0.3) is 0 Å². The monoisotopic (exact) mass is 293 g/mol. The number of aromatic nitrogens is 1. The maximum Gasteiger partial charge on any atom is 0.239 e. The minimum Gasteiger partial charge on any atom is -0.340 e. The first-order valence-electron chi connectivity index (χ1n) is 5.42. The van der Waals surface area contributed by atoms with E-state index in [0.29, 0.717) is 6.54 Å². The van der Waals surface area contributed by atoms with Gasteiger partial charge in [0.15, 0.2) is 0 Å². The number of pyridine rings is 1. The Morgan fingerprint density at radius 3 is 2.50 bits per heavy atom. The van der Waals surface area contributed by atoms with E-state index in [4.69, 9.17) is 5.73 Å². The Morgan fingerprint density at radius 2 is 2.06 bits per heavy atom. The molecule has 0 unspecified atom stereocenters. The first kappa shape index (κ1) is 19.5. The second-order valence-corrected chi connectivity index (χ2v) is 4.33. The summed E-state index contributed by atoms with van der Waals surface area (Å²) in [5, 5.41) is 0. The molecule has 0 spiro atoms. The van der Waals surface area contributed by atoms with E-state index in [0.717, 1.165) is 5.56 Å². The Labute approximate surface area is 121 Å². The number of nitrogens with two attached hydrogens (primary N) is 1. The molecule has 0 aliphatic heterocycles. The average molecular weight is 294 g/mol. The van der Waals surface area contributed by atoms with Crippen molar-refractivity contribution in [3.8, 4) is 0 Å². The third kappa shape index (κ3) is 5.67. The highest BCUT2D eigenvalue weighted by atomic mass is 35.5. The van der Waals surface area contributed by atoms with Crippen LogP contribution in [0.25, 0.3) is 0 Å². The van der Waals surface area contributed by atoms with Crippen molar-refractivity contribution in [1.29, 1.82) is 0 Å². The molecule has 6 heteroatoms. The lowest BCUT2D eigenvalue weighted by Gasteiger charge is -2.23. The van der Waals surface area contributed by atoms with Crippen LogP contribution in [-0.4, -0.2) is 28.9 Å². The van der Waals surface area contributed by atoms with Crippen molar-refractivity contribution < 1.29 is 4.79 Å². The molecule has 2 N–H and O–H groups in total. The van der Waals surface area contributed by atoms with Gasteiger partial charge in [-0.2, -0.15) is 0 Å². The molecule has 1 aromatic heterocycles. The number of likely N-dealkylation sites (N-methyl/N-ethyl adjacent to an activating group) is 1. The quantitative estimate of drug-likeness (QED) is 0.922. The molecule has 0 aromatic carbocycles. The molecule has 1 aromatic rings. The lowest BCUT2D eigenvalue weighted by molar-refractivity contribution is -0.132. The highest BCUT2D eigenvalue weighted by Gasteiger charge is 2.20. The van der Waals surface area contributed by atoms with Gasteiger partial charge in [0.2, 0.25) is 5.91 Å². The first-order chi connectivity index (χ1) is 7.52. The van der Waals surface area contributed by atoms with Gasteiger partial charge in [-0.15, -0.1) is 24.8 Å². The summed E-state index contributed by atoms with van der Waals surface area (Å²) in [7, 11) is 1.76. The SMILES string of the molecule is CC(C)[C@@H](N)C(=O)N(C)Cc1cccnc1.Cl.Cl. The molecule has 1 heterocycles. The minimum atomic E-state index is -0.429. The van der Waals surface area contributed by atoms with Gasteiger partial charge in [-0.3, -0.25) is 9.78 Å². The number of carbonyl (C=O) groups is 1. The number of amides is 1. The van der Waals surface area contributed by atoms with Gasteiger partial charge in [0.1, 0.15) is 0 Å². The normalized spacial score (nSPS) is 11.2. The average Bonchev–Trinajstić information content (AvgIpc) is 2.28. The molecule has 104 valence electrons. The summed E-state index contributed by atoms with van der Waals surface area (Å²) >= 11 is 0. The molecule has 0 saturated heterocycles. The van der Waals surface area contributed by atoms with Crippen LogP contribution >= 0.6 is 24.8 Å². The summed E-state index contributed by atoms with van der Waals surface area (Å²) in [6, 6.07) is 3.37. The van der Waals surface area contributed by atoms with Gasteiger partial charge in [-0.25, -0.2) is 0 Å². The van der Waals surface area contributed by atoms with Gasteiger partial charge < -0.3 is 10.6 Å². The van der Waals surface area contributed by atoms with E-state index < -0.39 is 6.04 Å². The Balaban J connectivity index is 0. The molecule has 0 aliphatic rings. The molecule has 0 bridgehead atoms. The lowest BCUT2D eigenvalue weighted by atomic mass is 10.0. The van der Waals surface area contributed by atoms with Gasteiger partial charge in [0, 0.05) is 26.0 Å².